The molecule has 1 unspecified atom stereocenters. The molecule has 4 aliphatic carbocycles. The van der Waals surface area contributed by atoms with E-state index in [1.807, 2.05) is 0 Å². The predicted octanol–water partition coefficient (Wildman–Crippen LogP) is 3.77. The smallest absolute Gasteiger partial charge is 0.137 e. The Kier molecular flexibility index (Phi) is 3.77. The van der Waals surface area contributed by atoms with Gasteiger partial charge in [-0.3, -0.25) is 9.59 Å². The third-order valence-electron chi connectivity index (χ3n) is 8.89. The molecule has 1 N–H and O–H groups in total. The lowest BCUT2D eigenvalue weighted by molar-refractivity contribution is -0.176. The maximum atomic E-state index is 13.3. The normalized spacial score (nSPS) is 53.9. The Morgan fingerprint density at radius 3 is 2.54 bits per heavy atom. The van der Waals surface area contributed by atoms with Crippen molar-refractivity contribution in [3.8, 4) is 0 Å². The van der Waals surface area contributed by atoms with E-state index < -0.39 is 0 Å². The third-order valence-corrected chi connectivity index (χ3v) is 8.89. The first-order valence-electron chi connectivity index (χ1n) is 10.0. The van der Waals surface area contributed by atoms with Gasteiger partial charge in [0.15, 0.2) is 0 Å². The van der Waals surface area contributed by atoms with Crippen LogP contribution in [0.5, 0.6) is 0 Å². The van der Waals surface area contributed by atoms with E-state index in [0.29, 0.717) is 30.0 Å². The van der Waals surface area contributed by atoms with Crippen molar-refractivity contribution in [2.75, 3.05) is 0 Å². The molecular formula is C21H32O3. The third kappa shape index (κ3) is 2.00. The van der Waals surface area contributed by atoms with E-state index in [2.05, 4.69) is 13.8 Å². The van der Waals surface area contributed by atoms with E-state index in [4.69, 9.17) is 0 Å². The topological polar surface area (TPSA) is 54.4 Å². The van der Waals surface area contributed by atoms with Gasteiger partial charge in [0.2, 0.25) is 0 Å². The summed E-state index contributed by atoms with van der Waals surface area (Å²) in [7, 11) is 0. The van der Waals surface area contributed by atoms with Crippen LogP contribution in [0, 0.1) is 40.4 Å². The van der Waals surface area contributed by atoms with Gasteiger partial charge in [0.05, 0.1) is 6.10 Å². The summed E-state index contributed by atoms with van der Waals surface area (Å²) < 4.78 is 0. The molecule has 134 valence electrons. The minimum Gasteiger partial charge on any atom is -0.393 e. The minimum atomic E-state index is -0.331. The van der Waals surface area contributed by atoms with Crippen LogP contribution in [0.3, 0.4) is 0 Å². The molecule has 0 aliphatic heterocycles. The highest BCUT2D eigenvalue weighted by molar-refractivity contribution is 5.87. The second-order valence-corrected chi connectivity index (χ2v) is 9.72. The number of aliphatic hydroxyl groups is 1. The summed E-state index contributed by atoms with van der Waals surface area (Å²) in [6.07, 6.45) is 7.65. The molecule has 0 saturated heterocycles. The van der Waals surface area contributed by atoms with Gasteiger partial charge in [-0.05, 0) is 68.6 Å². The Labute approximate surface area is 145 Å². The van der Waals surface area contributed by atoms with Crippen LogP contribution in [0.2, 0.25) is 0 Å². The molecule has 0 radical (unpaired) electrons. The fourth-order valence-electron chi connectivity index (χ4n) is 7.78. The average Bonchev–Trinajstić information content (AvgIpc) is 2.85. The highest BCUT2D eigenvalue weighted by Crippen LogP contribution is 2.66. The highest BCUT2D eigenvalue weighted by Gasteiger charge is 2.65. The molecule has 0 aromatic carbocycles. The van der Waals surface area contributed by atoms with Crippen molar-refractivity contribution >= 4 is 11.6 Å². The molecule has 8 atom stereocenters. The summed E-state index contributed by atoms with van der Waals surface area (Å²) in [6.45, 7) is 6.12. The standard InChI is InChI=1S/C21H32O3/c1-12(22)15-9-10-16-14-8-7-13-5-4-6-18(24)21(13,3)19(14)17(23)11-20(15,16)2/h13-16,18-19,24H,4-11H2,1-3H3/t13-,14+,15-,16+,18?,19-,20-,21-/m1/s1. The number of fused-ring (bicyclic) bond motifs is 5. The SMILES string of the molecule is CC(=O)[C@H]1CC[C@H]2[C@@H]3CC[C@H]4CCCC(O)[C@]4(C)[C@H]3C(=O)C[C@]12C. The number of Topliss-reactive ketones (excluding diaryl/α,β-unsaturated/α-hetero) is 2. The second kappa shape index (κ2) is 5.40. The van der Waals surface area contributed by atoms with Crippen molar-refractivity contribution < 1.29 is 14.7 Å². The van der Waals surface area contributed by atoms with Crippen LogP contribution in [0.4, 0.5) is 0 Å². The Morgan fingerprint density at radius 1 is 1.08 bits per heavy atom. The Balaban J connectivity index is 1.73. The lowest BCUT2D eigenvalue weighted by Gasteiger charge is -2.60. The van der Waals surface area contributed by atoms with E-state index in [-0.39, 0.29) is 34.6 Å². The van der Waals surface area contributed by atoms with Crippen LogP contribution in [0.15, 0.2) is 0 Å². The lowest BCUT2D eigenvalue weighted by atomic mass is 9.43. The summed E-state index contributed by atoms with van der Waals surface area (Å²) in [5, 5.41) is 10.9. The fourth-order valence-corrected chi connectivity index (χ4v) is 7.78. The van der Waals surface area contributed by atoms with Gasteiger partial charge in [-0.2, -0.15) is 0 Å². The van der Waals surface area contributed by atoms with Crippen LogP contribution in [0.25, 0.3) is 0 Å². The summed E-state index contributed by atoms with van der Waals surface area (Å²) in [5.41, 5.74) is -0.360. The van der Waals surface area contributed by atoms with Crippen molar-refractivity contribution in [2.45, 2.75) is 78.2 Å². The maximum absolute atomic E-state index is 13.3. The van der Waals surface area contributed by atoms with E-state index in [9.17, 15) is 14.7 Å². The van der Waals surface area contributed by atoms with Crippen molar-refractivity contribution in [2.24, 2.45) is 40.4 Å². The first-order valence-corrected chi connectivity index (χ1v) is 10.0. The quantitative estimate of drug-likeness (QED) is 0.795. The van der Waals surface area contributed by atoms with Gasteiger partial charge in [-0.1, -0.05) is 20.3 Å². The van der Waals surface area contributed by atoms with Crippen LogP contribution >= 0.6 is 0 Å². The molecule has 4 fully saturated rings. The van der Waals surface area contributed by atoms with Crippen LogP contribution in [-0.2, 0) is 9.59 Å². The number of hydrogen-bond acceptors (Lipinski definition) is 3. The van der Waals surface area contributed by atoms with Crippen molar-refractivity contribution in [3.63, 3.8) is 0 Å². The summed E-state index contributed by atoms with van der Waals surface area (Å²) >= 11 is 0. The second-order valence-electron chi connectivity index (χ2n) is 9.72. The van der Waals surface area contributed by atoms with Crippen molar-refractivity contribution in [1.29, 1.82) is 0 Å². The van der Waals surface area contributed by atoms with Gasteiger partial charge < -0.3 is 5.11 Å². The maximum Gasteiger partial charge on any atom is 0.137 e. The summed E-state index contributed by atoms with van der Waals surface area (Å²) in [4.78, 5) is 25.5. The minimum absolute atomic E-state index is 0.0235. The van der Waals surface area contributed by atoms with E-state index in [1.165, 1.54) is 6.42 Å². The lowest BCUT2D eigenvalue weighted by Crippen LogP contribution is -2.61. The van der Waals surface area contributed by atoms with E-state index in [1.54, 1.807) is 6.92 Å². The highest BCUT2D eigenvalue weighted by atomic mass is 16.3. The van der Waals surface area contributed by atoms with E-state index >= 15 is 0 Å². The Bertz CT molecular complexity index is 569. The molecule has 0 heterocycles. The molecule has 0 aromatic rings. The number of rotatable bonds is 1. The van der Waals surface area contributed by atoms with Crippen LogP contribution in [0.1, 0.15) is 72.1 Å². The van der Waals surface area contributed by atoms with Gasteiger partial charge >= 0.3 is 0 Å². The molecule has 4 saturated carbocycles. The molecule has 0 aromatic heterocycles. The van der Waals surface area contributed by atoms with Crippen LogP contribution in [-0.4, -0.2) is 22.8 Å². The number of aliphatic hydroxyl groups excluding tert-OH is 1. The summed E-state index contributed by atoms with van der Waals surface area (Å²) in [6, 6.07) is 0. The van der Waals surface area contributed by atoms with Gasteiger partial charge in [-0.15, -0.1) is 0 Å². The van der Waals surface area contributed by atoms with Gasteiger partial charge in [0, 0.05) is 23.7 Å². The zero-order valence-electron chi connectivity index (χ0n) is 15.4. The van der Waals surface area contributed by atoms with Gasteiger partial charge in [0.25, 0.3) is 0 Å². The van der Waals surface area contributed by atoms with Crippen molar-refractivity contribution in [3.05, 3.63) is 0 Å². The molecule has 0 amide bonds. The number of carbonyl (C=O) groups excluding carboxylic acids is 2. The first-order chi connectivity index (χ1) is 11.3. The first kappa shape index (κ1) is 16.8. The van der Waals surface area contributed by atoms with Gasteiger partial charge in [0.1, 0.15) is 11.6 Å². The monoisotopic (exact) mass is 332 g/mol. The number of carbonyl (C=O) groups is 2. The van der Waals surface area contributed by atoms with E-state index in [0.717, 1.165) is 38.5 Å². The molecule has 24 heavy (non-hydrogen) atoms. The molecule has 0 bridgehead atoms. The largest absolute Gasteiger partial charge is 0.393 e. The summed E-state index contributed by atoms with van der Waals surface area (Å²) in [5.74, 6) is 2.07. The fraction of sp³-hybridized carbons (Fsp3) is 0.905. The zero-order valence-corrected chi connectivity index (χ0v) is 15.4. The molecule has 4 rings (SSSR count). The van der Waals surface area contributed by atoms with Crippen molar-refractivity contribution in [1.82, 2.24) is 0 Å². The van der Waals surface area contributed by atoms with Crippen LogP contribution < -0.4 is 0 Å². The van der Waals surface area contributed by atoms with Gasteiger partial charge in [-0.25, -0.2) is 0 Å². The zero-order chi connectivity index (χ0) is 17.3. The molecule has 3 heteroatoms. The molecule has 3 nitrogen and oxygen atoms in total. The molecule has 4 aliphatic rings. The average molecular weight is 332 g/mol. The number of ketones is 2. The Morgan fingerprint density at radius 2 is 1.83 bits per heavy atom. The molecular weight excluding hydrogens is 300 g/mol. The predicted molar refractivity (Wildman–Crippen MR) is 92.3 cm³/mol. The Hall–Kier alpha value is -0.700. The molecule has 0 spiro atoms. The number of hydrogen-bond donors (Lipinski definition) is 1.